The predicted octanol–water partition coefficient (Wildman–Crippen LogP) is 1.46. The van der Waals surface area contributed by atoms with E-state index < -0.39 is 0 Å². The van der Waals surface area contributed by atoms with Gasteiger partial charge in [-0.3, -0.25) is 0 Å². The molecular formula is C10H15NO. The van der Waals surface area contributed by atoms with Crippen LogP contribution in [0.3, 0.4) is 0 Å². The van der Waals surface area contributed by atoms with E-state index in [2.05, 4.69) is 5.32 Å². The Labute approximate surface area is 73.2 Å². The number of rotatable bonds is 3. The maximum absolute atomic E-state index is 9.60. The van der Waals surface area contributed by atoms with Crippen LogP contribution in [0.15, 0.2) is 18.2 Å². The summed E-state index contributed by atoms with van der Waals surface area (Å²) < 4.78 is 0. The first-order chi connectivity index (χ1) is 5.75. The van der Waals surface area contributed by atoms with Crippen LogP contribution in [0.1, 0.15) is 11.1 Å². The summed E-state index contributed by atoms with van der Waals surface area (Å²) in [6, 6.07) is 5.85. The molecule has 0 amide bonds. The third kappa shape index (κ3) is 1.98. The first-order valence-corrected chi connectivity index (χ1v) is 4.17. The lowest BCUT2D eigenvalue weighted by molar-refractivity contribution is 0.463. The van der Waals surface area contributed by atoms with Crippen molar-refractivity contribution in [2.45, 2.75) is 13.3 Å². The standard InChI is InChI=1S/C10H15NO/c1-8-4-3-5-9(10(8)12)6-7-11-2/h3-5,11-12H,6-7H2,1-2H3. The van der Waals surface area contributed by atoms with Gasteiger partial charge in [-0.05, 0) is 38.1 Å². The Bertz CT molecular complexity index is 258. The highest BCUT2D eigenvalue weighted by molar-refractivity contribution is 5.39. The lowest BCUT2D eigenvalue weighted by Gasteiger charge is -2.05. The highest BCUT2D eigenvalue weighted by atomic mass is 16.3. The van der Waals surface area contributed by atoms with Crippen molar-refractivity contribution in [2.75, 3.05) is 13.6 Å². The molecule has 0 aromatic heterocycles. The number of phenolic OH excluding ortho intramolecular Hbond substituents is 1. The number of benzene rings is 1. The molecule has 2 N–H and O–H groups in total. The maximum atomic E-state index is 9.60. The van der Waals surface area contributed by atoms with Gasteiger partial charge in [-0.15, -0.1) is 0 Å². The van der Waals surface area contributed by atoms with Crippen LogP contribution < -0.4 is 5.32 Å². The number of aryl methyl sites for hydroxylation is 1. The number of para-hydroxylation sites is 1. The molecule has 0 bridgehead atoms. The second kappa shape index (κ2) is 4.12. The molecule has 0 aliphatic heterocycles. The van der Waals surface area contributed by atoms with Gasteiger partial charge in [0.15, 0.2) is 0 Å². The van der Waals surface area contributed by atoms with Gasteiger partial charge in [0.2, 0.25) is 0 Å². The van der Waals surface area contributed by atoms with Crippen LogP contribution in [0.25, 0.3) is 0 Å². The lowest BCUT2D eigenvalue weighted by atomic mass is 10.1. The van der Waals surface area contributed by atoms with Crippen LogP contribution in [0, 0.1) is 6.92 Å². The minimum Gasteiger partial charge on any atom is -0.507 e. The van der Waals surface area contributed by atoms with E-state index in [-0.39, 0.29) is 0 Å². The molecule has 0 fully saturated rings. The van der Waals surface area contributed by atoms with Gasteiger partial charge in [0, 0.05) is 0 Å². The van der Waals surface area contributed by atoms with Gasteiger partial charge in [0.05, 0.1) is 0 Å². The van der Waals surface area contributed by atoms with Crippen LogP contribution in [0.4, 0.5) is 0 Å². The Morgan fingerprint density at radius 1 is 1.42 bits per heavy atom. The normalized spacial score (nSPS) is 10.2. The van der Waals surface area contributed by atoms with E-state index in [4.69, 9.17) is 0 Å². The van der Waals surface area contributed by atoms with Gasteiger partial charge in [-0.1, -0.05) is 18.2 Å². The summed E-state index contributed by atoms with van der Waals surface area (Å²) in [6.45, 7) is 2.81. The summed E-state index contributed by atoms with van der Waals surface area (Å²) in [5, 5.41) is 12.6. The Kier molecular flexibility index (Phi) is 3.11. The summed E-state index contributed by atoms with van der Waals surface area (Å²) in [6.07, 6.45) is 0.879. The summed E-state index contributed by atoms with van der Waals surface area (Å²) >= 11 is 0. The third-order valence-corrected chi connectivity index (χ3v) is 1.97. The molecule has 0 atom stereocenters. The number of hydrogen-bond acceptors (Lipinski definition) is 2. The second-order valence-corrected chi connectivity index (χ2v) is 2.94. The summed E-state index contributed by atoms with van der Waals surface area (Å²) in [7, 11) is 1.91. The van der Waals surface area contributed by atoms with E-state index in [9.17, 15) is 5.11 Å². The lowest BCUT2D eigenvalue weighted by Crippen LogP contribution is -2.10. The monoisotopic (exact) mass is 165 g/mol. The van der Waals surface area contributed by atoms with Crippen LogP contribution in [0.2, 0.25) is 0 Å². The van der Waals surface area contributed by atoms with E-state index in [0.717, 1.165) is 24.1 Å². The van der Waals surface area contributed by atoms with Gasteiger partial charge in [-0.25, -0.2) is 0 Å². The fourth-order valence-corrected chi connectivity index (χ4v) is 1.18. The molecule has 0 aliphatic carbocycles. The third-order valence-electron chi connectivity index (χ3n) is 1.97. The van der Waals surface area contributed by atoms with Crippen molar-refractivity contribution >= 4 is 0 Å². The number of hydrogen-bond donors (Lipinski definition) is 2. The molecule has 1 rings (SSSR count). The first kappa shape index (κ1) is 9.07. The van der Waals surface area contributed by atoms with Crippen molar-refractivity contribution in [3.05, 3.63) is 29.3 Å². The smallest absolute Gasteiger partial charge is 0.121 e. The molecule has 0 spiro atoms. The predicted molar refractivity (Wildman–Crippen MR) is 50.5 cm³/mol. The Morgan fingerprint density at radius 2 is 2.17 bits per heavy atom. The second-order valence-electron chi connectivity index (χ2n) is 2.94. The molecule has 12 heavy (non-hydrogen) atoms. The molecule has 2 heteroatoms. The van der Waals surface area contributed by atoms with Crippen molar-refractivity contribution in [3.63, 3.8) is 0 Å². The zero-order chi connectivity index (χ0) is 8.97. The van der Waals surface area contributed by atoms with Gasteiger partial charge < -0.3 is 10.4 Å². The maximum Gasteiger partial charge on any atom is 0.121 e. The minimum absolute atomic E-state index is 0.438. The number of aromatic hydroxyl groups is 1. The minimum atomic E-state index is 0.438. The van der Waals surface area contributed by atoms with Gasteiger partial charge in [0.1, 0.15) is 5.75 Å². The van der Waals surface area contributed by atoms with E-state index >= 15 is 0 Å². The summed E-state index contributed by atoms with van der Waals surface area (Å²) in [5.74, 6) is 0.438. The SMILES string of the molecule is CNCCc1cccc(C)c1O. The van der Waals surface area contributed by atoms with Crippen LogP contribution in [0.5, 0.6) is 5.75 Å². The zero-order valence-corrected chi connectivity index (χ0v) is 7.59. The average molecular weight is 165 g/mol. The van der Waals surface area contributed by atoms with Crippen molar-refractivity contribution in [2.24, 2.45) is 0 Å². The first-order valence-electron chi connectivity index (χ1n) is 4.17. The van der Waals surface area contributed by atoms with Gasteiger partial charge >= 0.3 is 0 Å². The topological polar surface area (TPSA) is 32.3 Å². The quantitative estimate of drug-likeness (QED) is 0.710. The largest absolute Gasteiger partial charge is 0.507 e. The molecule has 1 aromatic rings. The van der Waals surface area contributed by atoms with Crippen LogP contribution in [-0.2, 0) is 6.42 Å². The summed E-state index contributed by atoms with van der Waals surface area (Å²) in [4.78, 5) is 0. The molecule has 0 aliphatic rings. The number of nitrogens with one attached hydrogen (secondary N) is 1. The molecule has 0 saturated heterocycles. The van der Waals surface area contributed by atoms with Gasteiger partial charge in [-0.2, -0.15) is 0 Å². The van der Waals surface area contributed by atoms with Crippen LogP contribution in [-0.4, -0.2) is 18.7 Å². The molecule has 1 aromatic carbocycles. The average Bonchev–Trinajstić information content (AvgIpc) is 2.08. The fourth-order valence-electron chi connectivity index (χ4n) is 1.18. The highest BCUT2D eigenvalue weighted by Gasteiger charge is 2.01. The highest BCUT2D eigenvalue weighted by Crippen LogP contribution is 2.21. The van der Waals surface area contributed by atoms with Crippen molar-refractivity contribution in [3.8, 4) is 5.75 Å². The number of phenols is 1. The molecule has 0 radical (unpaired) electrons. The Morgan fingerprint density at radius 3 is 2.83 bits per heavy atom. The van der Waals surface area contributed by atoms with Gasteiger partial charge in [0.25, 0.3) is 0 Å². The summed E-state index contributed by atoms with van der Waals surface area (Å²) in [5.41, 5.74) is 1.97. The molecule has 0 heterocycles. The fraction of sp³-hybridized carbons (Fsp3) is 0.400. The van der Waals surface area contributed by atoms with E-state index in [1.807, 2.05) is 32.2 Å². The van der Waals surface area contributed by atoms with E-state index in [0.29, 0.717) is 5.75 Å². The zero-order valence-electron chi connectivity index (χ0n) is 7.59. The van der Waals surface area contributed by atoms with Crippen molar-refractivity contribution < 1.29 is 5.11 Å². The molecule has 0 unspecified atom stereocenters. The van der Waals surface area contributed by atoms with E-state index in [1.54, 1.807) is 0 Å². The number of likely N-dealkylation sites (N-methyl/N-ethyl adjacent to an activating group) is 1. The Balaban J connectivity index is 2.78. The molecule has 66 valence electrons. The van der Waals surface area contributed by atoms with Crippen molar-refractivity contribution in [1.82, 2.24) is 5.32 Å². The molecular weight excluding hydrogens is 150 g/mol. The van der Waals surface area contributed by atoms with E-state index in [1.165, 1.54) is 0 Å². The van der Waals surface area contributed by atoms with Crippen LogP contribution >= 0.6 is 0 Å². The van der Waals surface area contributed by atoms with Crippen molar-refractivity contribution in [1.29, 1.82) is 0 Å². The molecule has 2 nitrogen and oxygen atoms in total. The Hall–Kier alpha value is -1.02. The molecule has 0 saturated carbocycles.